The Kier molecular flexibility index (Phi) is 6.41. The molecule has 1 amide bonds. The standard InChI is InChI=1S/C22H25ClN2O5S/c1-24(15-16-2-4-18(23)5-3-16)22(26)17-8-10-25(11-9-17)31(27,28)19-6-7-20-21(14-19)30-13-12-29-20/h2-7,14,17H,8-13,15H2,1H3. The summed E-state index contributed by atoms with van der Waals surface area (Å²) in [5.74, 6) is 0.842. The van der Waals surface area contributed by atoms with Gasteiger partial charge in [0.1, 0.15) is 13.2 Å². The first-order valence-corrected chi connectivity index (χ1v) is 12.1. The van der Waals surface area contributed by atoms with E-state index < -0.39 is 10.0 Å². The zero-order valence-corrected chi connectivity index (χ0v) is 18.9. The monoisotopic (exact) mass is 464 g/mol. The van der Waals surface area contributed by atoms with Crippen LogP contribution in [0.2, 0.25) is 5.02 Å². The molecule has 0 bridgehead atoms. The molecule has 2 aromatic carbocycles. The van der Waals surface area contributed by atoms with Crippen LogP contribution >= 0.6 is 11.6 Å². The van der Waals surface area contributed by atoms with E-state index in [2.05, 4.69) is 0 Å². The van der Waals surface area contributed by atoms with Gasteiger partial charge < -0.3 is 14.4 Å². The predicted octanol–water partition coefficient (Wildman–Crippen LogP) is 3.17. The minimum Gasteiger partial charge on any atom is -0.486 e. The molecule has 2 aliphatic rings. The summed E-state index contributed by atoms with van der Waals surface area (Å²) >= 11 is 5.91. The maximum absolute atomic E-state index is 13.1. The Balaban J connectivity index is 1.37. The van der Waals surface area contributed by atoms with Gasteiger partial charge in [0.2, 0.25) is 15.9 Å². The lowest BCUT2D eigenvalue weighted by atomic mass is 9.96. The Hall–Kier alpha value is -2.29. The van der Waals surface area contributed by atoms with E-state index in [1.54, 1.807) is 36.2 Å². The van der Waals surface area contributed by atoms with Gasteiger partial charge in [-0.1, -0.05) is 23.7 Å². The van der Waals surface area contributed by atoms with E-state index in [9.17, 15) is 13.2 Å². The van der Waals surface area contributed by atoms with Gasteiger partial charge >= 0.3 is 0 Å². The van der Waals surface area contributed by atoms with Crippen LogP contribution in [0.3, 0.4) is 0 Å². The van der Waals surface area contributed by atoms with Crippen molar-refractivity contribution in [3.63, 3.8) is 0 Å². The van der Waals surface area contributed by atoms with E-state index in [1.165, 1.54) is 10.4 Å². The number of rotatable bonds is 5. The van der Waals surface area contributed by atoms with Gasteiger partial charge in [0.15, 0.2) is 11.5 Å². The lowest BCUT2D eigenvalue weighted by molar-refractivity contribution is -0.135. The number of fused-ring (bicyclic) bond motifs is 1. The third-order valence-electron chi connectivity index (χ3n) is 5.66. The second kappa shape index (κ2) is 9.06. The fourth-order valence-corrected chi connectivity index (χ4v) is 5.54. The van der Waals surface area contributed by atoms with Gasteiger partial charge in [0.25, 0.3) is 0 Å². The number of hydrogen-bond donors (Lipinski definition) is 0. The molecule has 4 rings (SSSR count). The molecule has 1 saturated heterocycles. The van der Waals surface area contributed by atoms with Crippen LogP contribution in [-0.2, 0) is 21.4 Å². The van der Waals surface area contributed by atoms with Crippen LogP contribution in [0, 0.1) is 5.92 Å². The second-order valence-electron chi connectivity index (χ2n) is 7.80. The number of amides is 1. The number of halogens is 1. The Labute approximate surface area is 187 Å². The Morgan fingerprint density at radius 1 is 1.06 bits per heavy atom. The molecule has 0 atom stereocenters. The van der Waals surface area contributed by atoms with Crippen molar-refractivity contribution in [3.05, 3.63) is 53.1 Å². The quantitative estimate of drug-likeness (QED) is 0.679. The first kappa shape index (κ1) is 21.9. The van der Waals surface area contributed by atoms with E-state index in [4.69, 9.17) is 21.1 Å². The lowest BCUT2D eigenvalue weighted by Crippen LogP contribution is -2.43. The van der Waals surface area contributed by atoms with Crippen molar-refractivity contribution in [2.24, 2.45) is 5.92 Å². The van der Waals surface area contributed by atoms with Crippen molar-refractivity contribution in [1.29, 1.82) is 0 Å². The number of ether oxygens (including phenoxy) is 2. The highest BCUT2D eigenvalue weighted by atomic mass is 35.5. The van der Waals surface area contributed by atoms with Gasteiger partial charge in [-0.05, 0) is 42.7 Å². The van der Waals surface area contributed by atoms with E-state index in [-0.39, 0.29) is 16.7 Å². The molecule has 0 saturated carbocycles. The lowest BCUT2D eigenvalue weighted by Gasteiger charge is -2.32. The normalized spacial score (nSPS) is 17.4. The average Bonchev–Trinajstić information content (AvgIpc) is 2.79. The molecule has 0 radical (unpaired) electrons. The van der Waals surface area contributed by atoms with E-state index in [1.807, 2.05) is 12.1 Å². The van der Waals surface area contributed by atoms with Gasteiger partial charge in [0.05, 0.1) is 4.90 Å². The zero-order chi connectivity index (χ0) is 22.0. The molecule has 31 heavy (non-hydrogen) atoms. The highest BCUT2D eigenvalue weighted by Gasteiger charge is 2.33. The predicted molar refractivity (Wildman–Crippen MR) is 117 cm³/mol. The first-order valence-electron chi connectivity index (χ1n) is 10.2. The topological polar surface area (TPSA) is 76.2 Å². The fourth-order valence-electron chi connectivity index (χ4n) is 3.93. The second-order valence-corrected chi connectivity index (χ2v) is 10.2. The van der Waals surface area contributed by atoms with Gasteiger partial charge in [-0.25, -0.2) is 8.42 Å². The summed E-state index contributed by atoms with van der Waals surface area (Å²) in [6.45, 7) is 1.95. The van der Waals surface area contributed by atoms with Crippen LogP contribution in [0.4, 0.5) is 0 Å². The van der Waals surface area contributed by atoms with E-state index in [0.717, 1.165) is 5.56 Å². The summed E-state index contributed by atoms with van der Waals surface area (Å²) in [5.41, 5.74) is 0.999. The van der Waals surface area contributed by atoms with Crippen LogP contribution < -0.4 is 9.47 Å². The molecule has 9 heteroatoms. The zero-order valence-electron chi connectivity index (χ0n) is 17.3. The number of carbonyl (C=O) groups excluding carboxylic acids is 1. The molecular formula is C22H25ClN2O5S. The smallest absolute Gasteiger partial charge is 0.243 e. The third kappa shape index (κ3) is 4.81. The van der Waals surface area contributed by atoms with E-state index in [0.29, 0.717) is 62.2 Å². The Morgan fingerprint density at radius 3 is 2.39 bits per heavy atom. The fraction of sp³-hybridized carbons (Fsp3) is 0.409. The molecule has 1 fully saturated rings. The molecule has 2 heterocycles. The summed E-state index contributed by atoms with van der Waals surface area (Å²) < 4.78 is 38.6. The van der Waals surface area contributed by atoms with Gasteiger partial charge in [-0.2, -0.15) is 4.31 Å². The molecule has 0 aliphatic carbocycles. The number of nitrogens with zero attached hydrogens (tertiary/aromatic N) is 2. The highest BCUT2D eigenvalue weighted by Crippen LogP contribution is 2.34. The van der Waals surface area contributed by atoms with Crippen molar-refractivity contribution < 1.29 is 22.7 Å². The van der Waals surface area contributed by atoms with Crippen LogP contribution in [0.15, 0.2) is 47.4 Å². The van der Waals surface area contributed by atoms with Crippen LogP contribution in [0.5, 0.6) is 11.5 Å². The minimum atomic E-state index is -3.66. The SMILES string of the molecule is CN(Cc1ccc(Cl)cc1)C(=O)C1CCN(S(=O)(=O)c2ccc3c(c2)OCCO3)CC1. The van der Waals surface area contributed by atoms with Crippen molar-refractivity contribution in [2.45, 2.75) is 24.3 Å². The molecule has 7 nitrogen and oxygen atoms in total. The average molecular weight is 465 g/mol. The molecule has 0 spiro atoms. The van der Waals surface area contributed by atoms with Crippen molar-refractivity contribution in [3.8, 4) is 11.5 Å². The van der Waals surface area contributed by atoms with Crippen LogP contribution in [0.1, 0.15) is 18.4 Å². The first-order chi connectivity index (χ1) is 14.8. The number of sulfonamides is 1. The number of benzene rings is 2. The molecule has 0 aromatic heterocycles. The molecule has 2 aliphatic heterocycles. The summed E-state index contributed by atoms with van der Waals surface area (Å²) in [6.07, 6.45) is 0.987. The number of hydrogen-bond acceptors (Lipinski definition) is 5. The number of piperidine rings is 1. The summed E-state index contributed by atoms with van der Waals surface area (Å²) in [4.78, 5) is 14.7. The molecular weight excluding hydrogens is 440 g/mol. The van der Waals surface area contributed by atoms with Gasteiger partial charge in [0, 0.05) is 43.7 Å². The Morgan fingerprint density at radius 2 is 1.71 bits per heavy atom. The largest absolute Gasteiger partial charge is 0.486 e. The van der Waals surface area contributed by atoms with Crippen LogP contribution in [-0.4, -0.2) is 56.9 Å². The summed E-state index contributed by atoms with van der Waals surface area (Å²) in [5, 5.41) is 0.657. The molecule has 166 valence electrons. The van der Waals surface area contributed by atoms with Crippen molar-refractivity contribution >= 4 is 27.5 Å². The molecule has 2 aromatic rings. The molecule has 0 unspecified atom stereocenters. The summed E-state index contributed by atoms with van der Waals surface area (Å²) in [7, 11) is -1.88. The highest BCUT2D eigenvalue weighted by molar-refractivity contribution is 7.89. The maximum Gasteiger partial charge on any atom is 0.243 e. The Bertz CT molecular complexity index is 1050. The molecule has 0 N–H and O–H groups in total. The van der Waals surface area contributed by atoms with Gasteiger partial charge in [-0.15, -0.1) is 0 Å². The van der Waals surface area contributed by atoms with Crippen molar-refractivity contribution in [1.82, 2.24) is 9.21 Å². The third-order valence-corrected chi connectivity index (χ3v) is 7.81. The van der Waals surface area contributed by atoms with Gasteiger partial charge in [-0.3, -0.25) is 4.79 Å². The van der Waals surface area contributed by atoms with Crippen LogP contribution in [0.25, 0.3) is 0 Å². The van der Waals surface area contributed by atoms with Crippen molar-refractivity contribution in [2.75, 3.05) is 33.4 Å². The minimum absolute atomic E-state index is 0.0336. The maximum atomic E-state index is 13.1. The summed E-state index contributed by atoms with van der Waals surface area (Å²) in [6, 6.07) is 12.1. The van der Waals surface area contributed by atoms with E-state index >= 15 is 0 Å². The number of carbonyl (C=O) groups is 1.